The number of aliphatic hydroxyl groups excluding tert-OH is 1. The lowest BCUT2D eigenvalue weighted by Crippen LogP contribution is -2.06. The van der Waals surface area contributed by atoms with Crippen molar-refractivity contribution in [1.82, 2.24) is 10.2 Å². The van der Waals surface area contributed by atoms with E-state index in [1.165, 1.54) is 0 Å². The van der Waals surface area contributed by atoms with Crippen molar-refractivity contribution in [3.8, 4) is 0 Å². The SMILES string of the molecule is CCC(O)CSc1nnc(C)s1. The highest BCUT2D eigenvalue weighted by Gasteiger charge is 2.05. The second-order valence-electron chi connectivity index (χ2n) is 2.46. The van der Waals surface area contributed by atoms with Crippen molar-refractivity contribution < 1.29 is 5.11 Å². The second kappa shape index (κ2) is 4.79. The summed E-state index contributed by atoms with van der Waals surface area (Å²) in [6.07, 6.45) is 0.573. The maximum atomic E-state index is 9.26. The molecule has 1 aromatic heterocycles. The summed E-state index contributed by atoms with van der Waals surface area (Å²) in [5, 5.41) is 18.1. The van der Waals surface area contributed by atoms with Gasteiger partial charge in [0.2, 0.25) is 0 Å². The molecule has 0 bridgehead atoms. The Kier molecular flexibility index (Phi) is 3.97. The van der Waals surface area contributed by atoms with Gasteiger partial charge < -0.3 is 5.11 Å². The van der Waals surface area contributed by atoms with Crippen molar-refractivity contribution >= 4 is 23.1 Å². The molecular formula is C7H12N2OS2. The van der Waals surface area contributed by atoms with Gasteiger partial charge in [0.05, 0.1) is 6.10 Å². The monoisotopic (exact) mass is 204 g/mol. The lowest BCUT2D eigenvalue weighted by atomic mass is 10.3. The van der Waals surface area contributed by atoms with Crippen LogP contribution in [0.15, 0.2) is 4.34 Å². The zero-order valence-corrected chi connectivity index (χ0v) is 8.78. The highest BCUT2D eigenvalue weighted by molar-refractivity contribution is 8.01. The minimum atomic E-state index is -0.223. The molecule has 1 atom stereocenters. The normalized spacial score (nSPS) is 13.2. The van der Waals surface area contributed by atoms with Crippen LogP contribution in [-0.4, -0.2) is 27.2 Å². The Morgan fingerprint density at radius 2 is 2.33 bits per heavy atom. The lowest BCUT2D eigenvalue weighted by molar-refractivity contribution is 0.195. The molecule has 0 aliphatic heterocycles. The number of rotatable bonds is 4. The molecule has 0 radical (unpaired) electrons. The van der Waals surface area contributed by atoms with Gasteiger partial charge in [-0.1, -0.05) is 30.0 Å². The fourth-order valence-electron chi connectivity index (χ4n) is 0.622. The first-order valence-corrected chi connectivity index (χ1v) is 5.63. The first-order valence-electron chi connectivity index (χ1n) is 3.83. The van der Waals surface area contributed by atoms with Crippen LogP contribution in [0.3, 0.4) is 0 Å². The molecule has 0 fully saturated rings. The summed E-state index contributed by atoms with van der Waals surface area (Å²) in [5.41, 5.74) is 0. The molecule has 0 amide bonds. The molecule has 0 spiro atoms. The predicted octanol–water partition coefficient (Wildman–Crippen LogP) is 1.71. The Bertz CT molecular complexity index is 239. The van der Waals surface area contributed by atoms with E-state index in [1.807, 2.05) is 13.8 Å². The van der Waals surface area contributed by atoms with E-state index in [0.717, 1.165) is 15.8 Å². The zero-order valence-electron chi connectivity index (χ0n) is 7.15. The van der Waals surface area contributed by atoms with E-state index in [2.05, 4.69) is 10.2 Å². The number of aliphatic hydroxyl groups is 1. The van der Waals surface area contributed by atoms with Gasteiger partial charge in [-0.3, -0.25) is 0 Å². The second-order valence-corrected chi connectivity index (χ2v) is 4.91. The van der Waals surface area contributed by atoms with Gasteiger partial charge in [-0.25, -0.2) is 0 Å². The Morgan fingerprint density at radius 3 is 2.83 bits per heavy atom. The molecule has 12 heavy (non-hydrogen) atoms. The molecule has 1 N–H and O–H groups in total. The average molecular weight is 204 g/mol. The van der Waals surface area contributed by atoms with Crippen molar-refractivity contribution in [3.63, 3.8) is 0 Å². The highest BCUT2D eigenvalue weighted by Crippen LogP contribution is 2.22. The number of hydrogen-bond donors (Lipinski definition) is 1. The number of thioether (sulfide) groups is 1. The van der Waals surface area contributed by atoms with Crippen molar-refractivity contribution in [1.29, 1.82) is 0 Å². The molecule has 0 aromatic carbocycles. The van der Waals surface area contributed by atoms with E-state index in [9.17, 15) is 5.11 Å². The molecular weight excluding hydrogens is 192 g/mol. The van der Waals surface area contributed by atoms with Gasteiger partial charge in [-0.15, -0.1) is 10.2 Å². The summed E-state index contributed by atoms with van der Waals surface area (Å²) in [4.78, 5) is 0. The van der Waals surface area contributed by atoms with Crippen LogP contribution >= 0.6 is 23.1 Å². The molecule has 1 unspecified atom stereocenters. The predicted molar refractivity (Wildman–Crippen MR) is 51.7 cm³/mol. The molecule has 3 nitrogen and oxygen atoms in total. The number of aromatic nitrogens is 2. The summed E-state index contributed by atoms with van der Waals surface area (Å²) in [7, 11) is 0. The maximum absolute atomic E-state index is 9.26. The van der Waals surface area contributed by atoms with Crippen LogP contribution in [0.1, 0.15) is 18.4 Å². The smallest absolute Gasteiger partial charge is 0.174 e. The van der Waals surface area contributed by atoms with Gasteiger partial charge in [-0.05, 0) is 13.3 Å². The van der Waals surface area contributed by atoms with E-state index in [4.69, 9.17) is 0 Å². The molecule has 1 rings (SSSR count). The minimum absolute atomic E-state index is 0.223. The van der Waals surface area contributed by atoms with Gasteiger partial charge in [0.25, 0.3) is 0 Å². The van der Waals surface area contributed by atoms with E-state index in [0.29, 0.717) is 5.75 Å². The van der Waals surface area contributed by atoms with Crippen molar-refractivity contribution in [2.75, 3.05) is 5.75 Å². The Hall–Kier alpha value is -0.130. The van der Waals surface area contributed by atoms with Crippen LogP contribution in [0.5, 0.6) is 0 Å². The minimum Gasteiger partial charge on any atom is -0.392 e. The molecule has 68 valence electrons. The van der Waals surface area contributed by atoms with Gasteiger partial charge in [0, 0.05) is 5.75 Å². The van der Waals surface area contributed by atoms with Crippen molar-refractivity contribution in [2.45, 2.75) is 30.7 Å². The molecule has 0 saturated carbocycles. The summed E-state index contributed by atoms with van der Waals surface area (Å²) in [6, 6.07) is 0. The standard InChI is InChI=1S/C7H12N2OS2/c1-3-6(10)4-11-7-9-8-5(2)12-7/h6,10H,3-4H2,1-2H3. The number of hydrogen-bond acceptors (Lipinski definition) is 5. The van der Waals surface area contributed by atoms with Gasteiger partial charge in [0.1, 0.15) is 5.01 Å². The van der Waals surface area contributed by atoms with Crippen LogP contribution in [0.25, 0.3) is 0 Å². The molecule has 1 aromatic rings. The molecule has 1 heterocycles. The topological polar surface area (TPSA) is 46.0 Å². The number of nitrogens with zero attached hydrogens (tertiary/aromatic N) is 2. The van der Waals surface area contributed by atoms with Crippen LogP contribution < -0.4 is 0 Å². The Labute approximate surface area is 80.2 Å². The first kappa shape index (κ1) is 9.95. The average Bonchev–Trinajstić information content (AvgIpc) is 2.47. The molecule has 5 heteroatoms. The van der Waals surface area contributed by atoms with E-state index in [1.54, 1.807) is 23.1 Å². The van der Waals surface area contributed by atoms with Crippen LogP contribution in [0, 0.1) is 6.92 Å². The van der Waals surface area contributed by atoms with Crippen molar-refractivity contribution in [2.24, 2.45) is 0 Å². The third-order valence-corrected chi connectivity index (χ3v) is 3.49. The number of aryl methyl sites for hydroxylation is 1. The van der Waals surface area contributed by atoms with Crippen LogP contribution in [-0.2, 0) is 0 Å². The Balaban J connectivity index is 2.33. The summed E-state index contributed by atoms with van der Waals surface area (Å²) in [5.74, 6) is 0.713. The third-order valence-electron chi connectivity index (χ3n) is 1.38. The van der Waals surface area contributed by atoms with Gasteiger partial charge >= 0.3 is 0 Å². The molecule has 0 saturated heterocycles. The van der Waals surface area contributed by atoms with Crippen molar-refractivity contribution in [3.05, 3.63) is 5.01 Å². The molecule has 0 aliphatic rings. The first-order chi connectivity index (χ1) is 5.72. The quantitative estimate of drug-likeness (QED) is 0.758. The zero-order chi connectivity index (χ0) is 8.97. The summed E-state index contributed by atoms with van der Waals surface area (Å²) < 4.78 is 0.944. The lowest BCUT2D eigenvalue weighted by Gasteiger charge is -2.03. The largest absolute Gasteiger partial charge is 0.392 e. The van der Waals surface area contributed by atoms with E-state index < -0.39 is 0 Å². The van der Waals surface area contributed by atoms with Gasteiger partial charge in [0.15, 0.2) is 4.34 Å². The third kappa shape index (κ3) is 3.08. The molecule has 0 aliphatic carbocycles. The van der Waals surface area contributed by atoms with E-state index >= 15 is 0 Å². The van der Waals surface area contributed by atoms with E-state index in [-0.39, 0.29) is 6.10 Å². The van der Waals surface area contributed by atoms with Gasteiger partial charge in [-0.2, -0.15) is 0 Å². The van der Waals surface area contributed by atoms with Crippen LogP contribution in [0.4, 0.5) is 0 Å². The fraction of sp³-hybridized carbons (Fsp3) is 0.714. The summed E-state index contributed by atoms with van der Waals surface area (Å²) >= 11 is 3.14. The maximum Gasteiger partial charge on any atom is 0.174 e. The Morgan fingerprint density at radius 1 is 1.58 bits per heavy atom. The summed E-state index contributed by atoms with van der Waals surface area (Å²) in [6.45, 7) is 3.90. The highest BCUT2D eigenvalue weighted by atomic mass is 32.2. The fourth-order valence-corrected chi connectivity index (χ4v) is 2.51. The van der Waals surface area contributed by atoms with Crippen LogP contribution in [0.2, 0.25) is 0 Å².